The van der Waals surface area contributed by atoms with Crippen molar-refractivity contribution in [2.45, 2.75) is 6.92 Å². The molecule has 2 aromatic rings. The molecule has 104 valence electrons. The Bertz CT molecular complexity index is 644. The number of benzene rings is 2. The summed E-state index contributed by atoms with van der Waals surface area (Å²) in [6.07, 6.45) is 1.73. The molecule has 20 heavy (non-hydrogen) atoms. The maximum absolute atomic E-state index is 6.05. The predicted octanol–water partition coefficient (Wildman–Crippen LogP) is 4.87. The number of ether oxygens (including phenoxy) is 1. The first-order valence-corrected chi connectivity index (χ1v) is 7.16. The molecule has 0 heterocycles. The van der Waals surface area contributed by atoms with Gasteiger partial charge in [-0.15, -0.1) is 0 Å². The lowest BCUT2D eigenvalue weighted by atomic mass is 10.2. The molecule has 0 aliphatic rings. The van der Waals surface area contributed by atoms with Gasteiger partial charge in [-0.3, -0.25) is 5.43 Å². The van der Waals surface area contributed by atoms with Crippen LogP contribution in [0.1, 0.15) is 11.1 Å². The predicted molar refractivity (Wildman–Crippen MR) is 88.1 cm³/mol. The third-order valence-corrected chi connectivity index (χ3v) is 3.78. The number of nitrogens with zero attached hydrogens (tertiary/aromatic N) is 1. The summed E-state index contributed by atoms with van der Waals surface area (Å²) in [5.74, 6) is 0.792. The van der Waals surface area contributed by atoms with Crippen LogP contribution in [0.15, 0.2) is 46.0 Å². The summed E-state index contributed by atoms with van der Waals surface area (Å²) in [7, 11) is 1.64. The summed E-state index contributed by atoms with van der Waals surface area (Å²) < 4.78 is 6.07. The van der Waals surface area contributed by atoms with Crippen molar-refractivity contribution in [1.82, 2.24) is 0 Å². The Morgan fingerprint density at radius 1 is 1.25 bits per heavy atom. The van der Waals surface area contributed by atoms with Crippen LogP contribution in [0.25, 0.3) is 0 Å². The molecule has 2 rings (SSSR count). The normalized spacial score (nSPS) is 10.8. The maximum atomic E-state index is 6.05. The number of hydrogen-bond acceptors (Lipinski definition) is 3. The van der Waals surface area contributed by atoms with Crippen LogP contribution in [0.2, 0.25) is 5.02 Å². The van der Waals surface area contributed by atoms with Gasteiger partial charge in [0.25, 0.3) is 0 Å². The van der Waals surface area contributed by atoms with Crippen LogP contribution in [-0.4, -0.2) is 13.3 Å². The van der Waals surface area contributed by atoms with Crippen molar-refractivity contribution in [3.63, 3.8) is 0 Å². The molecular weight excluding hydrogens is 340 g/mol. The monoisotopic (exact) mass is 352 g/mol. The molecule has 0 bridgehead atoms. The number of hydrazone groups is 1. The average molecular weight is 354 g/mol. The number of hydrogen-bond donors (Lipinski definition) is 1. The van der Waals surface area contributed by atoms with E-state index in [-0.39, 0.29) is 0 Å². The third kappa shape index (κ3) is 3.74. The summed E-state index contributed by atoms with van der Waals surface area (Å²) in [4.78, 5) is 0. The summed E-state index contributed by atoms with van der Waals surface area (Å²) >= 11 is 9.49. The van der Waals surface area contributed by atoms with E-state index in [9.17, 15) is 0 Å². The standard InChI is InChI=1S/C15H14BrClN2O/c1-10-3-5-12(8-14(10)17)19-18-9-11-4-6-15(20-2)13(16)7-11/h3-9,19H,1-2H3/b18-9+. The number of nitrogens with one attached hydrogen (secondary N) is 1. The molecule has 2 aromatic carbocycles. The van der Waals surface area contributed by atoms with E-state index in [4.69, 9.17) is 16.3 Å². The fourth-order valence-corrected chi connectivity index (χ4v) is 2.35. The second kappa shape index (κ2) is 6.77. The molecule has 0 radical (unpaired) electrons. The molecule has 0 unspecified atom stereocenters. The minimum atomic E-state index is 0.720. The highest BCUT2D eigenvalue weighted by atomic mass is 79.9. The summed E-state index contributed by atoms with van der Waals surface area (Å²) in [6.45, 7) is 1.96. The molecule has 0 atom stereocenters. The van der Waals surface area contributed by atoms with Gasteiger partial charge >= 0.3 is 0 Å². The lowest BCUT2D eigenvalue weighted by molar-refractivity contribution is 0.412. The van der Waals surface area contributed by atoms with E-state index < -0.39 is 0 Å². The van der Waals surface area contributed by atoms with Crippen LogP contribution >= 0.6 is 27.5 Å². The second-order valence-corrected chi connectivity index (χ2v) is 5.49. The number of methoxy groups -OCH3 is 1. The lowest BCUT2D eigenvalue weighted by Gasteiger charge is -2.04. The zero-order chi connectivity index (χ0) is 14.5. The fraction of sp³-hybridized carbons (Fsp3) is 0.133. The Kier molecular flexibility index (Phi) is 5.04. The molecule has 0 aliphatic heterocycles. The van der Waals surface area contributed by atoms with Crippen LogP contribution in [0, 0.1) is 6.92 Å². The van der Waals surface area contributed by atoms with Crippen molar-refractivity contribution in [3.8, 4) is 5.75 Å². The van der Waals surface area contributed by atoms with Crippen LogP contribution in [-0.2, 0) is 0 Å². The van der Waals surface area contributed by atoms with Gasteiger partial charge in [0.2, 0.25) is 0 Å². The molecular formula is C15H14BrClN2O. The molecule has 0 aliphatic carbocycles. The summed E-state index contributed by atoms with van der Waals surface area (Å²) in [5, 5.41) is 4.90. The number of aryl methyl sites for hydroxylation is 1. The molecule has 0 amide bonds. The molecule has 3 nitrogen and oxygen atoms in total. The van der Waals surface area contributed by atoms with Gasteiger partial charge in [0.15, 0.2) is 0 Å². The summed E-state index contributed by atoms with van der Waals surface area (Å²) in [5.41, 5.74) is 5.80. The van der Waals surface area contributed by atoms with Crippen molar-refractivity contribution < 1.29 is 4.74 Å². The fourth-order valence-electron chi connectivity index (χ4n) is 1.61. The molecule has 0 saturated carbocycles. The smallest absolute Gasteiger partial charge is 0.133 e. The second-order valence-electron chi connectivity index (χ2n) is 4.23. The van der Waals surface area contributed by atoms with E-state index >= 15 is 0 Å². The maximum Gasteiger partial charge on any atom is 0.133 e. The Morgan fingerprint density at radius 2 is 2.05 bits per heavy atom. The van der Waals surface area contributed by atoms with E-state index in [0.717, 1.165) is 32.1 Å². The van der Waals surface area contributed by atoms with Gasteiger partial charge < -0.3 is 4.74 Å². The molecule has 0 spiro atoms. The number of rotatable bonds is 4. The first kappa shape index (κ1) is 14.9. The van der Waals surface area contributed by atoms with Crippen molar-refractivity contribution >= 4 is 39.4 Å². The Labute approximate surface area is 131 Å². The number of halogens is 2. The third-order valence-electron chi connectivity index (χ3n) is 2.75. The summed E-state index contributed by atoms with van der Waals surface area (Å²) in [6, 6.07) is 11.5. The Morgan fingerprint density at radius 3 is 2.70 bits per heavy atom. The van der Waals surface area contributed by atoms with Crippen molar-refractivity contribution in [3.05, 3.63) is 57.0 Å². The van der Waals surface area contributed by atoms with E-state index in [1.807, 2.05) is 43.3 Å². The van der Waals surface area contributed by atoms with E-state index in [0.29, 0.717) is 0 Å². The van der Waals surface area contributed by atoms with Crippen LogP contribution in [0.4, 0.5) is 5.69 Å². The average Bonchev–Trinajstić information content (AvgIpc) is 2.43. The SMILES string of the molecule is COc1ccc(/C=N/Nc2ccc(C)c(Cl)c2)cc1Br. The Balaban J connectivity index is 2.06. The zero-order valence-electron chi connectivity index (χ0n) is 11.2. The quantitative estimate of drug-likeness (QED) is 0.628. The minimum Gasteiger partial charge on any atom is -0.496 e. The van der Waals surface area contributed by atoms with Crippen LogP contribution in [0.3, 0.4) is 0 Å². The van der Waals surface area contributed by atoms with Gasteiger partial charge in [-0.25, -0.2) is 0 Å². The van der Waals surface area contributed by atoms with Gasteiger partial charge in [-0.05, 0) is 64.3 Å². The van der Waals surface area contributed by atoms with E-state index in [1.165, 1.54) is 0 Å². The molecule has 0 saturated heterocycles. The van der Waals surface area contributed by atoms with Gasteiger partial charge in [0.1, 0.15) is 5.75 Å². The molecule has 0 fully saturated rings. The van der Waals surface area contributed by atoms with E-state index in [2.05, 4.69) is 26.5 Å². The topological polar surface area (TPSA) is 33.6 Å². The number of anilines is 1. The van der Waals surface area contributed by atoms with Crippen molar-refractivity contribution in [2.75, 3.05) is 12.5 Å². The van der Waals surface area contributed by atoms with Gasteiger partial charge in [0, 0.05) is 5.02 Å². The van der Waals surface area contributed by atoms with Crippen LogP contribution < -0.4 is 10.2 Å². The molecule has 0 aromatic heterocycles. The van der Waals surface area contributed by atoms with Gasteiger partial charge in [0.05, 0.1) is 23.5 Å². The van der Waals surface area contributed by atoms with Gasteiger partial charge in [-0.1, -0.05) is 17.7 Å². The van der Waals surface area contributed by atoms with Crippen molar-refractivity contribution in [1.29, 1.82) is 0 Å². The highest BCUT2D eigenvalue weighted by Gasteiger charge is 2.00. The minimum absolute atomic E-state index is 0.720. The molecule has 1 N–H and O–H groups in total. The molecule has 5 heteroatoms. The largest absolute Gasteiger partial charge is 0.496 e. The lowest BCUT2D eigenvalue weighted by Crippen LogP contribution is -1.92. The van der Waals surface area contributed by atoms with Crippen molar-refractivity contribution in [2.24, 2.45) is 5.10 Å². The van der Waals surface area contributed by atoms with Gasteiger partial charge in [-0.2, -0.15) is 5.10 Å². The first-order chi connectivity index (χ1) is 9.60. The van der Waals surface area contributed by atoms with E-state index in [1.54, 1.807) is 13.3 Å². The first-order valence-electron chi connectivity index (χ1n) is 5.99. The highest BCUT2D eigenvalue weighted by Crippen LogP contribution is 2.25. The highest BCUT2D eigenvalue weighted by molar-refractivity contribution is 9.10. The van der Waals surface area contributed by atoms with Crippen LogP contribution in [0.5, 0.6) is 5.75 Å². The Hall–Kier alpha value is -1.52. The zero-order valence-corrected chi connectivity index (χ0v) is 13.5.